The molecule has 12 heavy (non-hydrogen) atoms. The standard InChI is InChI=1S/C7H10N2O2S/c8-5(1-7(10)11)4-2-12-3-6(4)9/h2-3,5H,1,8-9H2,(H,10,11)/t5-/m1/s1. The van der Waals surface area contributed by atoms with Crippen LogP contribution in [0.2, 0.25) is 0 Å². The van der Waals surface area contributed by atoms with E-state index in [-0.39, 0.29) is 6.42 Å². The van der Waals surface area contributed by atoms with Gasteiger partial charge in [0.15, 0.2) is 0 Å². The summed E-state index contributed by atoms with van der Waals surface area (Å²) in [5, 5.41) is 12.0. The molecule has 0 aliphatic heterocycles. The van der Waals surface area contributed by atoms with Crippen LogP contribution in [0.4, 0.5) is 5.69 Å². The van der Waals surface area contributed by atoms with Crippen LogP contribution < -0.4 is 11.5 Å². The molecule has 0 saturated heterocycles. The first-order chi connectivity index (χ1) is 5.61. The predicted molar refractivity (Wildman–Crippen MR) is 47.9 cm³/mol. The van der Waals surface area contributed by atoms with Crippen LogP contribution in [0.3, 0.4) is 0 Å². The SMILES string of the molecule is Nc1cscc1[C@H](N)CC(=O)O. The Balaban J connectivity index is 2.71. The number of hydrogen-bond donors (Lipinski definition) is 3. The Labute approximate surface area is 73.8 Å². The highest BCUT2D eigenvalue weighted by Gasteiger charge is 2.13. The largest absolute Gasteiger partial charge is 0.481 e. The molecule has 0 aliphatic rings. The first-order valence-corrected chi connectivity index (χ1v) is 4.34. The van der Waals surface area contributed by atoms with Crippen LogP contribution in [0.15, 0.2) is 10.8 Å². The van der Waals surface area contributed by atoms with Crippen molar-refractivity contribution in [2.24, 2.45) is 5.73 Å². The van der Waals surface area contributed by atoms with Crippen molar-refractivity contribution in [2.75, 3.05) is 5.73 Å². The topological polar surface area (TPSA) is 89.3 Å². The number of aliphatic carboxylic acids is 1. The molecular weight excluding hydrogens is 176 g/mol. The van der Waals surface area contributed by atoms with Crippen LogP contribution in [-0.4, -0.2) is 11.1 Å². The summed E-state index contributed by atoms with van der Waals surface area (Å²) in [6, 6.07) is -0.492. The van der Waals surface area contributed by atoms with E-state index in [1.807, 2.05) is 0 Å². The molecule has 0 radical (unpaired) electrons. The zero-order valence-electron chi connectivity index (χ0n) is 6.36. The second kappa shape index (κ2) is 3.55. The average Bonchev–Trinajstić information content (AvgIpc) is 2.33. The zero-order chi connectivity index (χ0) is 9.14. The molecule has 1 heterocycles. The Kier molecular flexibility index (Phi) is 2.67. The number of thiophene rings is 1. The lowest BCUT2D eigenvalue weighted by Gasteiger charge is -2.07. The van der Waals surface area contributed by atoms with Gasteiger partial charge in [-0.2, -0.15) is 0 Å². The van der Waals surface area contributed by atoms with Gasteiger partial charge in [-0.3, -0.25) is 4.79 Å². The van der Waals surface area contributed by atoms with Crippen molar-refractivity contribution < 1.29 is 9.90 Å². The fraction of sp³-hybridized carbons (Fsp3) is 0.286. The summed E-state index contributed by atoms with van der Waals surface area (Å²) >= 11 is 1.42. The summed E-state index contributed by atoms with van der Waals surface area (Å²) in [6.07, 6.45) is -0.0824. The second-order valence-corrected chi connectivity index (χ2v) is 3.23. The van der Waals surface area contributed by atoms with Crippen LogP contribution >= 0.6 is 11.3 Å². The lowest BCUT2D eigenvalue weighted by Crippen LogP contribution is -2.15. The van der Waals surface area contributed by atoms with E-state index in [2.05, 4.69) is 0 Å². The van der Waals surface area contributed by atoms with E-state index in [9.17, 15) is 4.79 Å². The summed E-state index contributed by atoms with van der Waals surface area (Å²) in [6.45, 7) is 0. The van der Waals surface area contributed by atoms with Crippen LogP contribution in [0, 0.1) is 0 Å². The fourth-order valence-electron chi connectivity index (χ4n) is 0.916. The molecule has 0 spiro atoms. The molecule has 0 bridgehead atoms. The van der Waals surface area contributed by atoms with Gasteiger partial charge in [0.2, 0.25) is 0 Å². The fourth-order valence-corrected chi connectivity index (χ4v) is 1.72. The summed E-state index contributed by atoms with van der Waals surface area (Å²) in [7, 11) is 0. The summed E-state index contributed by atoms with van der Waals surface area (Å²) in [4.78, 5) is 10.3. The summed E-state index contributed by atoms with van der Waals surface area (Å²) in [5.74, 6) is -0.909. The monoisotopic (exact) mass is 186 g/mol. The van der Waals surface area contributed by atoms with Gasteiger partial charge in [0.05, 0.1) is 6.42 Å². The second-order valence-electron chi connectivity index (χ2n) is 2.49. The van der Waals surface area contributed by atoms with E-state index in [4.69, 9.17) is 16.6 Å². The number of rotatable bonds is 3. The van der Waals surface area contributed by atoms with Gasteiger partial charge in [-0.25, -0.2) is 0 Å². The molecule has 66 valence electrons. The molecule has 0 amide bonds. The van der Waals surface area contributed by atoms with Crippen LogP contribution in [0.1, 0.15) is 18.0 Å². The van der Waals surface area contributed by atoms with E-state index in [0.29, 0.717) is 5.69 Å². The minimum atomic E-state index is -0.909. The summed E-state index contributed by atoms with van der Waals surface area (Å²) in [5.41, 5.74) is 12.4. The van der Waals surface area contributed by atoms with E-state index >= 15 is 0 Å². The Morgan fingerprint density at radius 2 is 2.33 bits per heavy atom. The number of nitrogen functional groups attached to an aromatic ring is 1. The minimum Gasteiger partial charge on any atom is -0.481 e. The first-order valence-electron chi connectivity index (χ1n) is 3.40. The van der Waals surface area contributed by atoms with Gasteiger partial charge in [-0.1, -0.05) is 0 Å². The molecule has 0 aromatic carbocycles. The molecule has 1 atom stereocenters. The van der Waals surface area contributed by atoms with E-state index in [0.717, 1.165) is 5.56 Å². The average molecular weight is 186 g/mol. The van der Waals surface area contributed by atoms with Gasteiger partial charge in [0.1, 0.15) is 0 Å². The number of hydrogen-bond acceptors (Lipinski definition) is 4. The third kappa shape index (κ3) is 1.96. The normalized spacial score (nSPS) is 12.8. The van der Waals surface area contributed by atoms with E-state index in [1.165, 1.54) is 11.3 Å². The number of carboxylic acids is 1. The smallest absolute Gasteiger partial charge is 0.305 e. The molecule has 0 fully saturated rings. The van der Waals surface area contributed by atoms with Crippen molar-refractivity contribution in [2.45, 2.75) is 12.5 Å². The quantitative estimate of drug-likeness (QED) is 0.651. The molecule has 1 rings (SSSR count). The molecule has 1 aromatic heterocycles. The van der Waals surface area contributed by atoms with Gasteiger partial charge >= 0.3 is 5.97 Å². The Bertz CT molecular complexity index is 285. The summed E-state index contributed by atoms with van der Waals surface area (Å²) < 4.78 is 0. The van der Waals surface area contributed by atoms with Crippen molar-refractivity contribution in [3.05, 3.63) is 16.3 Å². The van der Waals surface area contributed by atoms with Crippen LogP contribution in [0.25, 0.3) is 0 Å². The van der Waals surface area contributed by atoms with E-state index in [1.54, 1.807) is 10.8 Å². The van der Waals surface area contributed by atoms with Crippen molar-refractivity contribution >= 4 is 23.0 Å². The molecule has 4 nitrogen and oxygen atoms in total. The van der Waals surface area contributed by atoms with Gasteiger partial charge in [-0.05, 0) is 5.38 Å². The highest BCUT2D eigenvalue weighted by molar-refractivity contribution is 7.08. The molecule has 5 N–H and O–H groups in total. The highest BCUT2D eigenvalue weighted by atomic mass is 32.1. The lowest BCUT2D eigenvalue weighted by atomic mass is 10.1. The van der Waals surface area contributed by atoms with Crippen LogP contribution in [0.5, 0.6) is 0 Å². The van der Waals surface area contributed by atoms with E-state index < -0.39 is 12.0 Å². The maximum atomic E-state index is 10.3. The highest BCUT2D eigenvalue weighted by Crippen LogP contribution is 2.24. The minimum absolute atomic E-state index is 0.0824. The first kappa shape index (κ1) is 9.02. The molecule has 0 aliphatic carbocycles. The number of anilines is 1. The molecule has 0 unspecified atom stereocenters. The van der Waals surface area contributed by atoms with Crippen molar-refractivity contribution in [1.82, 2.24) is 0 Å². The number of nitrogens with two attached hydrogens (primary N) is 2. The third-order valence-electron chi connectivity index (χ3n) is 1.52. The maximum Gasteiger partial charge on any atom is 0.305 e. The van der Waals surface area contributed by atoms with Gasteiger partial charge in [0, 0.05) is 22.7 Å². The van der Waals surface area contributed by atoms with Crippen molar-refractivity contribution in [3.8, 4) is 0 Å². The van der Waals surface area contributed by atoms with Gasteiger partial charge in [-0.15, -0.1) is 11.3 Å². The van der Waals surface area contributed by atoms with Crippen molar-refractivity contribution in [1.29, 1.82) is 0 Å². The van der Waals surface area contributed by atoms with Gasteiger partial charge < -0.3 is 16.6 Å². The van der Waals surface area contributed by atoms with Crippen LogP contribution in [-0.2, 0) is 4.79 Å². The Hall–Kier alpha value is -1.07. The third-order valence-corrected chi connectivity index (χ3v) is 2.30. The molecule has 5 heteroatoms. The number of carbonyl (C=O) groups is 1. The van der Waals surface area contributed by atoms with Crippen molar-refractivity contribution in [3.63, 3.8) is 0 Å². The predicted octanol–water partition coefficient (Wildman–Crippen LogP) is 0.805. The Morgan fingerprint density at radius 1 is 1.67 bits per heavy atom. The molecular formula is C7H10N2O2S. The van der Waals surface area contributed by atoms with Gasteiger partial charge in [0.25, 0.3) is 0 Å². The molecule has 0 saturated carbocycles. The number of carboxylic acid groups (broad SMARTS) is 1. The lowest BCUT2D eigenvalue weighted by molar-refractivity contribution is -0.137. The Morgan fingerprint density at radius 3 is 2.75 bits per heavy atom. The molecule has 1 aromatic rings. The zero-order valence-corrected chi connectivity index (χ0v) is 7.17. The maximum absolute atomic E-state index is 10.3.